The van der Waals surface area contributed by atoms with Crippen molar-refractivity contribution in [3.63, 3.8) is 0 Å². The summed E-state index contributed by atoms with van der Waals surface area (Å²) in [5, 5.41) is 0.811. The van der Waals surface area contributed by atoms with Gasteiger partial charge in [0.15, 0.2) is 0 Å². The lowest BCUT2D eigenvalue weighted by molar-refractivity contribution is -0.139. The summed E-state index contributed by atoms with van der Waals surface area (Å²) in [6.07, 6.45) is 0. The molecular formula is C16H16O5. The number of rotatable bonds is 5. The summed E-state index contributed by atoms with van der Waals surface area (Å²) < 4.78 is 15.5. The van der Waals surface area contributed by atoms with Crippen molar-refractivity contribution in [1.82, 2.24) is 0 Å². The number of benzene rings is 1. The second-order valence-corrected chi connectivity index (χ2v) is 4.60. The first kappa shape index (κ1) is 14.8. The molecule has 0 radical (unpaired) electrons. The molecule has 0 aliphatic rings. The van der Waals surface area contributed by atoms with E-state index in [0.717, 1.165) is 5.39 Å². The zero-order valence-electron chi connectivity index (χ0n) is 12.0. The van der Waals surface area contributed by atoms with E-state index >= 15 is 0 Å². The van der Waals surface area contributed by atoms with Crippen LogP contribution in [-0.4, -0.2) is 19.2 Å². The molecule has 0 bridgehead atoms. The number of fused-ring (bicyclic) bond motifs is 1. The molecule has 5 nitrogen and oxygen atoms in total. The van der Waals surface area contributed by atoms with Crippen LogP contribution in [0.5, 0.6) is 5.75 Å². The lowest BCUT2D eigenvalue weighted by atomic mass is 10.1. The Bertz CT molecular complexity index is 742. The topological polar surface area (TPSA) is 65.7 Å². The molecule has 1 aromatic heterocycles. The number of carbonyl (C=O) groups excluding carboxylic acids is 1. The van der Waals surface area contributed by atoms with Crippen molar-refractivity contribution < 1.29 is 18.7 Å². The highest BCUT2D eigenvalue weighted by Crippen LogP contribution is 2.23. The van der Waals surface area contributed by atoms with Gasteiger partial charge in [-0.3, -0.25) is 0 Å². The molecule has 5 heteroatoms. The number of ether oxygens (including phenoxy) is 2. The summed E-state index contributed by atoms with van der Waals surface area (Å²) >= 11 is 0. The molecule has 2 aromatic rings. The van der Waals surface area contributed by atoms with E-state index in [4.69, 9.17) is 13.9 Å². The molecule has 0 saturated heterocycles. The summed E-state index contributed by atoms with van der Waals surface area (Å²) in [6, 6.07) is 7.22. The molecule has 0 N–H and O–H groups in total. The van der Waals surface area contributed by atoms with E-state index in [0.29, 0.717) is 16.7 Å². The van der Waals surface area contributed by atoms with Crippen molar-refractivity contribution in [1.29, 1.82) is 0 Å². The second-order valence-electron chi connectivity index (χ2n) is 4.60. The highest BCUT2D eigenvalue weighted by atomic mass is 16.6. The van der Waals surface area contributed by atoms with Gasteiger partial charge >= 0.3 is 11.6 Å². The van der Waals surface area contributed by atoms with Gasteiger partial charge in [-0.25, -0.2) is 9.59 Å². The third kappa shape index (κ3) is 3.31. The van der Waals surface area contributed by atoms with Gasteiger partial charge in [0, 0.05) is 16.5 Å². The van der Waals surface area contributed by atoms with Gasteiger partial charge in [-0.05, 0) is 19.9 Å². The Morgan fingerprint density at radius 3 is 2.71 bits per heavy atom. The van der Waals surface area contributed by atoms with E-state index in [1.807, 2.05) is 12.1 Å². The standard InChI is InChI=1S/C16H16O5/c1-10(2)15(17)20-9-8-19-14-11(3)12-6-4-5-7-13(12)21-16(14)18/h4-7H,1,8-9H2,2-3H3. The van der Waals surface area contributed by atoms with E-state index in [1.54, 1.807) is 26.0 Å². The van der Waals surface area contributed by atoms with Gasteiger partial charge in [-0.1, -0.05) is 24.8 Å². The minimum Gasteiger partial charge on any atom is -0.483 e. The van der Waals surface area contributed by atoms with Crippen LogP contribution in [-0.2, 0) is 9.53 Å². The number of hydrogen-bond acceptors (Lipinski definition) is 5. The monoisotopic (exact) mass is 288 g/mol. The molecule has 0 amide bonds. The third-order valence-corrected chi connectivity index (χ3v) is 2.93. The maximum absolute atomic E-state index is 11.9. The quantitative estimate of drug-likeness (QED) is 0.366. The van der Waals surface area contributed by atoms with Crippen LogP contribution in [0.2, 0.25) is 0 Å². The summed E-state index contributed by atoms with van der Waals surface area (Å²) in [7, 11) is 0. The SMILES string of the molecule is C=C(C)C(=O)OCCOc1c(C)c2ccccc2oc1=O. The third-order valence-electron chi connectivity index (χ3n) is 2.93. The number of aryl methyl sites for hydroxylation is 1. The molecule has 21 heavy (non-hydrogen) atoms. The Labute approximate surface area is 121 Å². The van der Waals surface area contributed by atoms with Gasteiger partial charge < -0.3 is 13.9 Å². The molecule has 0 saturated carbocycles. The minimum atomic E-state index is -0.544. The average molecular weight is 288 g/mol. The largest absolute Gasteiger partial charge is 0.483 e. The van der Waals surface area contributed by atoms with Crippen molar-refractivity contribution in [2.45, 2.75) is 13.8 Å². The predicted molar refractivity (Wildman–Crippen MR) is 78.5 cm³/mol. The van der Waals surface area contributed by atoms with Crippen molar-refractivity contribution >= 4 is 16.9 Å². The molecule has 0 spiro atoms. The Morgan fingerprint density at radius 1 is 1.29 bits per heavy atom. The number of para-hydroxylation sites is 1. The van der Waals surface area contributed by atoms with Crippen LogP contribution in [0.1, 0.15) is 12.5 Å². The lowest BCUT2D eigenvalue weighted by Crippen LogP contribution is -2.16. The van der Waals surface area contributed by atoms with Crippen molar-refractivity contribution in [2.75, 3.05) is 13.2 Å². The van der Waals surface area contributed by atoms with E-state index in [9.17, 15) is 9.59 Å². The molecule has 0 aliphatic heterocycles. The fraction of sp³-hybridized carbons (Fsp3) is 0.250. The summed E-state index contributed by atoms with van der Waals surface area (Å²) in [5.41, 5.74) is 0.989. The predicted octanol–water partition coefficient (Wildman–Crippen LogP) is 2.60. The molecule has 1 aromatic carbocycles. The van der Waals surface area contributed by atoms with Gasteiger partial charge in [0.1, 0.15) is 18.8 Å². The van der Waals surface area contributed by atoms with Gasteiger partial charge in [-0.15, -0.1) is 0 Å². The average Bonchev–Trinajstić information content (AvgIpc) is 2.45. The molecular weight excluding hydrogens is 272 g/mol. The second kappa shape index (κ2) is 6.26. The van der Waals surface area contributed by atoms with Crippen molar-refractivity contribution in [2.24, 2.45) is 0 Å². The molecule has 0 atom stereocenters. The molecule has 0 fully saturated rings. The Morgan fingerprint density at radius 2 is 2.00 bits per heavy atom. The van der Waals surface area contributed by atoms with Gasteiger partial charge in [0.2, 0.25) is 5.75 Å². The normalized spacial score (nSPS) is 10.4. The Balaban J connectivity index is 2.10. The van der Waals surface area contributed by atoms with Crippen LogP contribution < -0.4 is 10.4 Å². The first-order chi connectivity index (χ1) is 10.0. The van der Waals surface area contributed by atoms with Crippen molar-refractivity contribution in [3.05, 3.63) is 52.4 Å². The summed E-state index contributed by atoms with van der Waals surface area (Å²) in [5.74, 6) is -0.346. The van der Waals surface area contributed by atoms with Crippen LogP contribution in [0, 0.1) is 6.92 Å². The van der Waals surface area contributed by atoms with E-state index in [2.05, 4.69) is 6.58 Å². The Kier molecular flexibility index (Phi) is 4.42. The van der Waals surface area contributed by atoms with Gasteiger partial charge in [0.05, 0.1) is 0 Å². The number of hydrogen-bond donors (Lipinski definition) is 0. The van der Waals surface area contributed by atoms with E-state index in [-0.39, 0.29) is 19.0 Å². The zero-order valence-corrected chi connectivity index (χ0v) is 12.0. The van der Waals surface area contributed by atoms with Crippen LogP contribution in [0.3, 0.4) is 0 Å². The fourth-order valence-electron chi connectivity index (χ4n) is 1.86. The van der Waals surface area contributed by atoms with Crippen molar-refractivity contribution in [3.8, 4) is 5.75 Å². The number of carbonyl (C=O) groups is 1. The van der Waals surface area contributed by atoms with Crippen LogP contribution in [0.4, 0.5) is 0 Å². The molecule has 1 heterocycles. The highest BCUT2D eigenvalue weighted by molar-refractivity contribution is 5.86. The molecule has 0 aliphatic carbocycles. The maximum Gasteiger partial charge on any atom is 0.379 e. The molecule has 2 rings (SSSR count). The smallest absolute Gasteiger partial charge is 0.379 e. The van der Waals surface area contributed by atoms with Crippen LogP contribution in [0.25, 0.3) is 11.0 Å². The van der Waals surface area contributed by atoms with Crippen LogP contribution >= 0.6 is 0 Å². The van der Waals surface area contributed by atoms with E-state index in [1.165, 1.54) is 0 Å². The van der Waals surface area contributed by atoms with E-state index < -0.39 is 11.6 Å². The van der Waals surface area contributed by atoms with Gasteiger partial charge in [-0.2, -0.15) is 0 Å². The summed E-state index contributed by atoms with van der Waals surface area (Å²) in [4.78, 5) is 23.1. The first-order valence-corrected chi connectivity index (χ1v) is 6.48. The zero-order chi connectivity index (χ0) is 15.4. The van der Waals surface area contributed by atoms with Gasteiger partial charge in [0.25, 0.3) is 0 Å². The maximum atomic E-state index is 11.9. The molecule has 0 unspecified atom stereocenters. The van der Waals surface area contributed by atoms with Crippen LogP contribution in [0.15, 0.2) is 45.6 Å². The highest BCUT2D eigenvalue weighted by Gasteiger charge is 2.12. The molecule has 110 valence electrons. The first-order valence-electron chi connectivity index (χ1n) is 6.48. The lowest BCUT2D eigenvalue weighted by Gasteiger charge is -2.10. The number of esters is 1. The fourth-order valence-corrected chi connectivity index (χ4v) is 1.86. The summed E-state index contributed by atoms with van der Waals surface area (Å²) in [6.45, 7) is 6.93. The minimum absolute atomic E-state index is 0.0391. The Hall–Kier alpha value is -2.56.